The largest absolute Gasteiger partial charge is 0.497 e. The summed E-state index contributed by atoms with van der Waals surface area (Å²) >= 11 is 0. The molecular weight excluding hydrogens is 320 g/mol. The Balaban J connectivity index is 2.06. The van der Waals surface area contributed by atoms with Crippen LogP contribution >= 0.6 is 0 Å². The van der Waals surface area contributed by atoms with Crippen LogP contribution in [0.2, 0.25) is 0 Å². The summed E-state index contributed by atoms with van der Waals surface area (Å²) in [4.78, 5) is 26.7. The predicted octanol–water partition coefficient (Wildman–Crippen LogP) is 2.34. The van der Waals surface area contributed by atoms with E-state index in [2.05, 4.69) is 10.3 Å². The van der Waals surface area contributed by atoms with Gasteiger partial charge in [0, 0.05) is 35.5 Å². The maximum absolute atomic E-state index is 12.0. The number of benzene rings is 1. The molecule has 132 valence electrons. The van der Waals surface area contributed by atoms with Gasteiger partial charge in [-0.15, -0.1) is 0 Å². The number of rotatable bonds is 6. The van der Waals surface area contributed by atoms with Crippen LogP contribution in [-0.2, 0) is 11.3 Å². The minimum absolute atomic E-state index is 0.171. The van der Waals surface area contributed by atoms with Gasteiger partial charge in [0.05, 0.1) is 14.2 Å². The molecule has 0 aliphatic rings. The number of carbonyl (C=O) groups is 1. The lowest BCUT2D eigenvalue weighted by Crippen LogP contribution is -2.26. The summed E-state index contributed by atoms with van der Waals surface area (Å²) in [7, 11) is 3.13. The van der Waals surface area contributed by atoms with Crippen molar-refractivity contribution >= 4 is 12.0 Å². The van der Waals surface area contributed by atoms with Gasteiger partial charge in [-0.2, -0.15) is 0 Å². The Kier molecular flexibility index (Phi) is 6.00. The second kappa shape index (κ2) is 8.19. The number of pyridine rings is 1. The van der Waals surface area contributed by atoms with Crippen LogP contribution in [0.25, 0.3) is 6.08 Å². The van der Waals surface area contributed by atoms with Gasteiger partial charge in [0.1, 0.15) is 11.5 Å². The van der Waals surface area contributed by atoms with Crippen molar-refractivity contribution in [2.45, 2.75) is 20.4 Å². The minimum atomic E-state index is -0.294. The Labute approximate surface area is 146 Å². The molecule has 0 aliphatic heterocycles. The van der Waals surface area contributed by atoms with Crippen LogP contribution in [0.5, 0.6) is 11.5 Å². The highest BCUT2D eigenvalue weighted by atomic mass is 16.5. The van der Waals surface area contributed by atoms with Crippen molar-refractivity contribution in [2.24, 2.45) is 0 Å². The normalized spacial score (nSPS) is 10.7. The number of carbonyl (C=O) groups excluding carboxylic acids is 1. The number of hydrogen-bond acceptors (Lipinski definition) is 4. The monoisotopic (exact) mass is 342 g/mol. The van der Waals surface area contributed by atoms with Gasteiger partial charge in [-0.3, -0.25) is 9.59 Å². The standard InChI is InChI=1S/C19H22N2O4/c1-12-9-13(2)21-19(23)16(12)11-20-18(22)8-6-14-5-7-15(24-3)10-17(14)25-4/h5-10H,11H2,1-4H3,(H,20,22)(H,21,23)/b8-6+. The maximum Gasteiger partial charge on any atom is 0.253 e. The van der Waals surface area contributed by atoms with Gasteiger partial charge in [-0.25, -0.2) is 0 Å². The molecule has 0 bridgehead atoms. The van der Waals surface area contributed by atoms with E-state index in [0.717, 1.165) is 16.8 Å². The van der Waals surface area contributed by atoms with Crippen molar-refractivity contribution in [2.75, 3.05) is 14.2 Å². The molecule has 2 N–H and O–H groups in total. The molecule has 25 heavy (non-hydrogen) atoms. The van der Waals surface area contributed by atoms with Crippen LogP contribution in [0.4, 0.5) is 0 Å². The van der Waals surface area contributed by atoms with Gasteiger partial charge in [0.2, 0.25) is 5.91 Å². The zero-order valence-corrected chi connectivity index (χ0v) is 14.8. The zero-order chi connectivity index (χ0) is 18.4. The first-order chi connectivity index (χ1) is 11.9. The Morgan fingerprint density at radius 3 is 2.60 bits per heavy atom. The molecule has 0 unspecified atom stereocenters. The van der Waals surface area contributed by atoms with E-state index in [1.54, 1.807) is 38.5 Å². The van der Waals surface area contributed by atoms with Gasteiger partial charge < -0.3 is 19.8 Å². The lowest BCUT2D eigenvalue weighted by Gasteiger charge is -2.08. The summed E-state index contributed by atoms with van der Waals surface area (Å²) < 4.78 is 10.4. The SMILES string of the molecule is COc1ccc(/C=C/C(=O)NCc2c(C)cc(C)[nH]c2=O)c(OC)c1. The van der Waals surface area contributed by atoms with Crippen LogP contribution in [0.1, 0.15) is 22.4 Å². The molecular formula is C19H22N2O4. The third-order valence-corrected chi connectivity index (χ3v) is 3.79. The first-order valence-corrected chi connectivity index (χ1v) is 7.82. The van der Waals surface area contributed by atoms with Crippen molar-refractivity contribution in [3.05, 3.63) is 63.1 Å². The molecule has 2 rings (SSSR count). The number of hydrogen-bond donors (Lipinski definition) is 2. The molecule has 0 radical (unpaired) electrons. The molecule has 0 saturated heterocycles. The first kappa shape index (κ1) is 18.3. The summed E-state index contributed by atoms with van der Waals surface area (Å²) in [6, 6.07) is 7.21. The summed E-state index contributed by atoms with van der Waals surface area (Å²) in [5.41, 5.74) is 2.77. The van der Waals surface area contributed by atoms with Crippen molar-refractivity contribution in [1.29, 1.82) is 0 Å². The average molecular weight is 342 g/mol. The van der Waals surface area contributed by atoms with E-state index in [9.17, 15) is 9.59 Å². The Morgan fingerprint density at radius 2 is 1.96 bits per heavy atom. The molecule has 1 aromatic heterocycles. The fraction of sp³-hybridized carbons (Fsp3) is 0.263. The van der Waals surface area contributed by atoms with E-state index < -0.39 is 0 Å². The summed E-state index contributed by atoms with van der Waals surface area (Å²) in [6.45, 7) is 3.84. The van der Waals surface area contributed by atoms with E-state index in [-0.39, 0.29) is 18.0 Å². The van der Waals surface area contributed by atoms with Gasteiger partial charge in [-0.05, 0) is 43.7 Å². The first-order valence-electron chi connectivity index (χ1n) is 7.82. The van der Waals surface area contributed by atoms with Crippen LogP contribution in [-0.4, -0.2) is 25.1 Å². The molecule has 6 nitrogen and oxygen atoms in total. The Morgan fingerprint density at radius 1 is 1.20 bits per heavy atom. The molecule has 1 aromatic carbocycles. The van der Waals surface area contributed by atoms with Crippen molar-refractivity contribution in [1.82, 2.24) is 10.3 Å². The van der Waals surface area contributed by atoms with Gasteiger partial charge in [0.15, 0.2) is 0 Å². The summed E-state index contributed by atoms with van der Waals surface area (Å²) in [5.74, 6) is 0.985. The van der Waals surface area contributed by atoms with Crippen molar-refractivity contribution < 1.29 is 14.3 Å². The predicted molar refractivity (Wildman–Crippen MR) is 97.0 cm³/mol. The smallest absolute Gasteiger partial charge is 0.253 e. The second-order valence-corrected chi connectivity index (χ2v) is 5.60. The average Bonchev–Trinajstić information content (AvgIpc) is 2.58. The highest BCUT2D eigenvalue weighted by Gasteiger charge is 2.07. The third kappa shape index (κ3) is 4.73. The third-order valence-electron chi connectivity index (χ3n) is 3.79. The fourth-order valence-electron chi connectivity index (χ4n) is 2.46. The second-order valence-electron chi connectivity index (χ2n) is 5.60. The van der Waals surface area contributed by atoms with Gasteiger partial charge in [-0.1, -0.05) is 0 Å². The molecule has 1 amide bonds. The van der Waals surface area contributed by atoms with Crippen molar-refractivity contribution in [3.8, 4) is 11.5 Å². The number of amides is 1. The molecule has 0 fully saturated rings. The van der Waals surface area contributed by atoms with Crippen LogP contribution < -0.4 is 20.3 Å². The lowest BCUT2D eigenvalue weighted by atomic mass is 10.1. The van der Waals surface area contributed by atoms with E-state index in [1.165, 1.54) is 6.08 Å². The Hall–Kier alpha value is -3.02. The summed E-state index contributed by atoms with van der Waals surface area (Å²) in [5, 5.41) is 2.72. The van der Waals surface area contributed by atoms with E-state index in [4.69, 9.17) is 9.47 Å². The van der Waals surface area contributed by atoms with Crippen molar-refractivity contribution in [3.63, 3.8) is 0 Å². The van der Waals surface area contributed by atoms with E-state index in [1.807, 2.05) is 19.9 Å². The number of H-pyrrole nitrogens is 1. The summed E-state index contributed by atoms with van der Waals surface area (Å²) in [6.07, 6.45) is 3.06. The maximum atomic E-state index is 12.0. The number of ether oxygens (including phenoxy) is 2. The van der Waals surface area contributed by atoms with Gasteiger partial charge >= 0.3 is 0 Å². The molecule has 2 aromatic rings. The molecule has 1 heterocycles. The number of aromatic nitrogens is 1. The topological polar surface area (TPSA) is 80.4 Å². The Bertz CT molecular complexity index is 853. The number of nitrogens with one attached hydrogen (secondary N) is 2. The highest BCUT2D eigenvalue weighted by Crippen LogP contribution is 2.25. The molecule has 0 atom stereocenters. The van der Waals surface area contributed by atoms with E-state index >= 15 is 0 Å². The quantitative estimate of drug-likeness (QED) is 0.790. The van der Waals surface area contributed by atoms with E-state index in [0.29, 0.717) is 17.1 Å². The highest BCUT2D eigenvalue weighted by molar-refractivity contribution is 5.92. The van der Waals surface area contributed by atoms with Gasteiger partial charge in [0.25, 0.3) is 5.56 Å². The number of aryl methyl sites for hydroxylation is 2. The van der Waals surface area contributed by atoms with Crippen LogP contribution in [0.3, 0.4) is 0 Å². The minimum Gasteiger partial charge on any atom is -0.497 e. The molecule has 0 aliphatic carbocycles. The fourth-order valence-corrected chi connectivity index (χ4v) is 2.46. The molecule has 0 saturated carbocycles. The van der Waals surface area contributed by atoms with Crippen LogP contribution in [0, 0.1) is 13.8 Å². The number of aromatic amines is 1. The number of methoxy groups -OCH3 is 2. The zero-order valence-electron chi connectivity index (χ0n) is 14.8. The molecule has 6 heteroatoms. The molecule has 0 spiro atoms. The van der Waals surface area contributed by atoms with Crippen LogP contribution in [0.15, 0.2) is 35.1 Å². The lowest BCUT2D eigenvalue weighted by molar-refractivity contribution is -0.116.